The number of thioether (sulfide) groups is 1. The minimum absolute atomic E-state index is 0.0299. The topological polar surface area (TPSA) is 110 Å². The molecule has 10 heteroatoms. The zero-order valence-corrected chi connectivity index (χ0v) is 14.3. The molecule has 0 fully saturated rings. The van der Waals surface area contributed by atoms with Gasteiger partial charge in [0.15, 0.2) is 5.16 Å². The second-order valence-electron chi connectivity index (χ2n) is 5.19. The second-order valence-corrected chi connectivity index (χ2v) is 6.15. The number of nitrogens with zero attached hydrogens (tertiary/aromatic N) is 2. The van der Waals surface area contributed by atoms with Crippen LogP contribution in [0, 0.1) is 15.9 Å². The molecular formula is C16H13FN4O4S. The number of methoxy groups -OCH3 is 1. The van der Waals surface area contributed by atoms with Gasteiger partial charge < -0.3 is 15.0 Å². The van der Waals surface area contributed by atoms with Gasteiger partial charge in [0.2, 0.25) is 11.7 Å². The molecule has 134 valence electrons. The number of ether oxygens (including phenoxy) is 1. The number of rotatable bonds is 6. The van der Waals surface area contributed by atoms with Crippen molar-refractivity contribution in [1.29, 1.82) is 0 Å². The van der Waals surface area contributed by atoms with Gasteiger partial charge in [-0.2, -0.15) is 4.39 Å². The van der Waals surface area contributed by atoms with Crippen LogP contribution < -0.4 is 10.1 Å². The third kappa shape index (κ3) is 3.91. The molecule has 0 spiro atoms. The molecule has 0 saturated carbocycles. The highest BCUT2D eigenvalue weighted by atomic mass is 32.2. The van der Waals surface area contributed by atoms with E-state index in [2.05, 4.69) is 15.3 Å². The van der Waals surface area contributed by atoms with Crippen LogP contribution in [-0.4, -0.2) is 33.7 Å². The highest BCUT2D eigenvalue weighted by Crippen LogP contribution is 2.24. The van der Waals surface area contributed by atoms with Gasteiger partial charge in [0.25, 0.3) is 0 Å². The number of imidazole rings is 1. The molecule has 0 radical (unpaired) electrons. The molecule has 1 heterocycles. The summed E-state index contributed by atoms with van der Waals surface area (Å²) in [6, 6.07) is 8.56. The smallest absolute Gasteiger partial charge is 0.306 e. The third-order valence-electron chi connectivity index (χ3n) is 3.43. The number of nitro groups is 1. The summed E-state index contributed by atoms with van der Waals surface area (Å²) >= 11 is 1.17. The maximum absolute atomic E-state index is 13.3. The van der Waals surface area contributed by atoms with E-state index >= 15 is 0 Å². The molecular weight excluding hydrogens is 363 g/mol. The molecule has 1 aromatic heterocycles. The fraction of sp³-hybridized carbons (Fsp3) is 0.125. The predicted octanol–water partition coefficient (Wildman–Crippen LogP) is 3.35. The Morgan fingerprint density at radius 1 is 1.38 bits per heavy atom. The quantitative estimate of drug-likeness (QED) is 0.388. The van der Waals surface area contributed by atoms with Crippen molar-refractivity contribution >= 4 is 40.1 Å². The van der Waals surface area contributed by atoms with Crippen LogP contribution in [-0.2, 0) is 4.79 Å². The molecule has 1 amide bonds. The number of benzene rings is 2. The number of hydrogen-bond donors (Lipinski definition) is 2. The van der Waals surface area contributed by atoms with Gasteiger partial charge in [-0.1, -0.05) is 11.8 Å². The number of carbonyl (C=O) groups is 1. The fourth-order valence-electron chi connectivity index (χ4n) is 2.22. The van der Waals surface area contributed by atoms with Crippen molar-refractivity contribution in [3.05, 3.63) is 52.3 Å². The predicted molar refractivity (Wildman–Crippen MR) is 95.1 cm³/mol. The Balaban J connectivity index is 1.64. The number of amides is 1. The van der Waals surface area contributed by atoms with E-state index in [-0.39, 0.29) is 11.4 Å². The summed E-state index contributed by atoms with van der Waals surface area (Å²) in [4.78, 5) is 29.3. The minimum Gasteiger partial charge on any atom is -0.497 e. The van der Waals surface area contributed by atoms with E-state index in [1.165, 1.54) is 17.8 Å². The second kappa shape index (κ2) is 7.40. The summed E-state index contributed by atoms with van der Waals surface area (Å²) in [5.74, 6) is -0.635. The van der Waals surface area contributed by atoms with Crippen LogP contribution in [0.2, 0.25) is 0 Å². The maximum Gasteiger partial charge on any atom is 0.306 e. The molecule has 2 aromatic carbocycles. The molecule has 0 bridgehead atoms. The van der Waals surface area contributed by atoms with E-state index in [0.29, 0.717) is 10.9 Å². The van der Waals surface area contributed by atoms with Crippen molar-refractivity contribution < 1.29 is 18.8 Å². The first-order chi connectivity index (χ1) is 12.5. The Bertz CT molecular complexity index is 992. The highest BCUT2D eigenvalue weighted by Gasteiger charge is 2.15. The van der Waals surface area contributed by atoms with E-state index < -0.39 is 22.3 Å². The summed E-state index contributed by atoms with van der Waals surface area (Å²) < 4.78 is 18.4. The van der Waals surface area contributed by atoms with Gasteiger partial charge in [0.05, 0.1) is 28.8 Å². The molecule has 8 nitrogen and oxygen atoms in total. The minimum atomic E-state index is -0.958. The van der Waals surface area contributed by atoms with Crippen molar-refractivity contribution in [2.45, 2.75) is 5.16 Å². The average molecular weight is 376 g/mol. The lowest BCUT2D eigenvalue weighted by Crippen LogP contribution is -2.14. The average Bonchev–Trinajstić information content (AvgIpc) is 3.03. The number of anilines is 1. The zero-order valence-electron chi connectivity index (χ0n) is 13.5. The van der Waals surface area contributed by atoms with Crippen molar-refractivity contribution in [1.82, 2.24) is 9.97 Å². The maximum atomic E-state index is 13.3. The molecule has 3 aromatic rings. The van der Waals surface area contributed by atoms with Gasteiger partial charge in [-0.25, -0.2) is 4.98 Å². The zero-order chi connectivity index (χ0) is 18.7. The Hall–Kier alpha value is -3.14. The van der Waals surface area contributed by atoms with Crippen LogP contribution in [0.25, 0.3) is 11.0 Å². The molecule has 0 unspecified atom stereocenters. The number of fused-ring (bicyclic) bond motifs is 1. The number of aromatic amines is 1. The Kier molecular flexibility index (Phi) is 5.03. The van der Waals surface area contributed by atoms with Gasteiger partial charge in [-0.3, -0.25) is 14.9 Å². The van der Waals surface area contributed by atoms with Crippen LogP contribution in [0.3, 0.4) is 0 Å². The summed E-state index contributed by atoms with van der Waals surface area (Å²) in [5, 5.41) is 13.8. The van der Waals surface area contributed by atoms with Crippen LogP contribution in [0.1, 0.15) is 0 Å². The SMILES string of the molecule is COc1ccc2nc(SCC(=O)Nc3ccc(F)c([N+](=O)[O-])c3)[nH]c2c1. The van der Waals surface area contributed by atoms with Gasteiger partial charge in [-0.15, -0.1) is 0 Å². The first-order valence-corrected chi connectivity index (χ1v) is 8.35. The number of nitro benzene ring substituents is 1. The summed E-state index contributed by atoms with van der Waals surface area (Å²) in [5.41, 5.74) is 0.976. The molecule has 26 heavy (non-hydrogen) atoms. The lowest BCUT2D eigenvalue weighted by Gasteiger charge is -2.04. The number of carbonyl (C=O) groups excluding carboxylic acids is 1. The van der Waals surface area contributed by atoms with E-state index in [4.69, 9.17) is 4.74 Å². The van der Waals surface area contributed by atoms with E-state index in [1.54, 1.807) is 25.3 Å². The Labute approximate surface area is 150 Å². The van der Waals surface area contributed by atoms with Gasteiger partial charge in [-0.05, 0) is 24.3 Å². The number of halogens is 1. The van der Waals surface area contributed by atoms with Crippen molar-refractivity contribution in [3.8, 4) is 5.75 Å². The van der Waals surface area contributed by atoms with Crippen LogP contribution in [0.5, 0.6) is 5.75 Å². The summed E-state index contributed by atoms with van der Waals surface area (Å²) in [6.07, 6.45) is 0. The molecule has 0 atom stereocenters. The monoisotopic (exact) mass is 376 g/mol. The first-order valence-electron chi connectivity index (χ1n) is 7.36. The number of H-pyrrole nitrogens is 1. The number of aromatic nitrogens is 2. The molecule has 3 rings (SSSR count). The lowest BCUT2D eigenvalue weighted by atomic mass is 10.2. The van der Waals surface area contributed by atoms with Crippen LogP contribution in [0.15, 0.2) is 41.6 Å². The number of hydrogen-bond acceptors (Lipinski definition) is 6. The van der Waals surface area contributed by atoms with Crippen LogP contribution >= 0.6 is 11.8 Å². The third-order valence-corrected chi connectivity index (χ3v) is 4.31. The van der Waals surface area contributed by atoms with Gasteiger partial charge >= 0.3 is 5.69 Å². The van der Waals surface area contributed by atoms with Crippen LogP contribution in [0.4, 0.5) is 15.8 Å². The fourth-order valence-corrected chi connectivity index (χ4v) is 2.91. The standard InChI is InChI=1S/C16H13FN4O4S/c1-25-10-3-5-12-13(7-10)20-16(19-12)26-8-15(22)18-9-2-4-11(17)14(6-9)21(23)24/h2-7H,8H2,1H3,(H,18,22)(H,19,20). The van der Waals surface area contributed by atoms with Crippen molar-refractivity contribution in [2.75, 3.05) is 18.2 Å². The van der Waals surface area contributed by atoms with Crippen molar-refractivity contribution in [2.24, 2.45) is 0 Å². The molecule has 0 aliphatic carbocycles. The van der Waals surface area contributed by atoms with E-state index in [9.17, 15) is 19.3 Å². The lowest BCUT2D eigenvalue weighted by molar-refractivity contribution is -0.387. The molecule has 0 saturated heterocycles. The first kappa shape index (κ1) is 17.7. The van der Waals surface area contributed by atoms with E-state index in [0.717, 1.165) is 23.2 Å². The summed E-state index contributed by atoms with van der Waals surface area (Å²) in [7, 11) is 1.57. The normalized spacial score (nSPS) is 10.7. The van der Waals surface area contributed by atoms with E-state index in [1.807, 2.05) is 0 Å². The molecule has 0 aliphatic heterocycles. The molecule has 0 aliphatic rings. The van der Waals surface area contributed by atoms with Gasteiger partial charge in [0.1, 0.15) is 5.75 Å². The molecule has 2 N–H and O–H groups in total. The highest BCUT2D eigenvalue weighted by molar-refractivity contribution is 7.99. The summed E-state index contributed by atoms with van der Waals surface area (Å²) in [6.45, 7) is 0. The largest absolute Gasteiger partial charge is 0.497 e. The van der Waals surface area contributed by atoms with Crippen molar-refractivity contribution in [3.63, 3.8) is 0 Å². The number of nitrogens with one attached hydrogen (secondary N) is 2. The Morgan fingerprint density at radius 3 is 2.92 bits per heavy atom. The Morgan fingerprint density at radius 2 is 2.19 bits per heavy atom. The van der Waals surface area contributed by atoms with Gasteiger partial charge in [0, 0.05) is 17.8 Å².